The van der Waals surface area contributed by atoms with E-state index in [-0.39, 0.29) is 11.6 Å². The number of aliphatic hydroxyl groups is 1. The van der Waals surface area contributed by atoms with Gasteiger partial charge in [-0.2, -0.15) is 0 Å². The molecule has 7 heteroatoms. The molecule has 0 unspecified atom stereocenters. The van der Waals surface area contributed by atoms with Crippen molar-refractivity contribution in [2.45, 2.75) is 59.9 Å². The highest BCUT2D eigenvalue weighted by Gasteiger charge is 2.17. The molecule has 0 aliphatic heterocycles. The summed E-state index contributed by atoms with van der Waals surface area (Å²) in [6.07, 6.45) is 1.33. The normalized spacial score (nSPS) is 13.8. The molecule has 32 heavy (non-hydrogen) atoms. The molecule has 0 aliphatic carbocycles. The molecule has 0 amide bonds. The molecule has 0 bridgehead atoms. The Morgan fingerprint density at radius 2 is 1.94 bits per heavy atom. The number of rotatable bonds is 10. The van der Waals surface area contributed by atoms with E-state index in [0.29, 0.717) is 31.2 Å². The van der Waals surface area contributed by atoms with Crippen molar-refractivity contribution >= 4 is 11.0 Å². The summed E-state index contributed by atoms with van der Waals surface area (Å²) in [5.41, 5.74) is 4.71. The summed E-state index contributed by atoms with van der Waals surface area (Å²) in [6.45, 7) is 12.5. The predicted molar refractivity (Wildman–Crippen MR) is 129 cm³/mol. The van der Waals surface area contributed by atoms with Gasteiger partial charge in [0.15, 0.2) is 0 Å². The number of pyridine rings is 1. The Bertz CT molecular complexity index is 1090. The molecule has 1 aromatic carbocycles. The third kappa shape index (κ3) is 5.46. The van der Waals surface area contributed by atoms with Gasteiger partial charge in [0.2, 0.25) is 0 Å². The molecule has 0 fully saturated rings. The highest BCUT2D eigenvalue weighted by atomic mass is 16.5. The van der Waals surface area contributed by atoms with E-state index in [1.807, 2.05) is 19.2 Å². The van der Waals surface area contributed by atoms with Gasteiger partial charge in [-0.25, -0.2) is 4.98 Å². The fraction of sp³-hybridized carbons (Fsp3) is 0.520. The van der Waals surface area contributed by atoms with Gasteiger partial charge in [-0.1, -0.05) is 19.9 Å². The van der Waals surface area contributed by atoms with Crippen LogP contribution in [0, 0.1) is 12.8 Å². The molecule has 0 saturated heterocycles. The summed E-state index contributed by atoms with van der Waals surface area (Å²) in [6, 6.07) is 8.03. The van der Waals surface area contributed by atoms with Gasteiger partial charge in [0.25, 0.3) is 5.56 Å². The molecule has 174 valence electrons. The molecule has 0 radical (unpaired) electrons. The number of benzene rings is 1. The van der Waals surface area contributed by atoms with Crippen LogP contribution in [0.1, 0.15) is 38.8 Å². The maximum Gasteiger partial charge on any atom is 0.253 e. The van der Waals surface area contributed by atoms with Crippen LogP contribution in [0.5, 0.6) is 0 Å². The topological polar surface area (TPSA) is 81.3 Å². The van der Waals surface area contributed by atoms with E-state index in [4.69, 9.17) is 9.72 Å². The number of nitrogens with one attached hydrogen (secondary N) is 1. The van der Waals surface area contributed by atoms with E-state index in [0.717, 1.165) is 34.5 Å². The smallest absolute Gasteiger partial charge is 0.253 e. The summed E-state index contributed by atoms with van der Waals surface area (Å²) in [7, 11) is 1.77. The number of aromatic nitrogens is 3. The van der Waals surface area contributed by atoms with Crippen molar-refractivity contribution in [3.63, 3.8) is 0 Å². The summed E-state index contributed by atoms with van der Waals surface area (Å²) in [5, 5.41) is 13.5. The van der Waals surface area contributed by atoms with Crippen LogP contribution >= 0.6 is 0 Å². The van der Waals surface area contributed by atoms with Gasteiger partial charge < -0.3 is 24.3 Å². The SMILES string of the molecule is CCn1c(-c2cc(C)c(=O)n(C)c2)nc2cc(CN[C@H](COCC(C)C)[C@@H](C)O)ccc21. The first-order valence-electron chi connectivity index (χ1n) is 11.4. The zero-order chi connectivity index (χ0) is 23.4. The molecule has 3 rings (SSSR count). The summed E-state index contributed by atoms with van der Waals surface area (Å²) in [4.78, 5) is 17.0. The minimum absolute atomic E-state index is 0.00584. The largest absolute Gasteiger partial charge is 0.392 e. The van der Waals surface area contributed by atoms with E-state index in [1.54, 1.807) is 18.5 Å². The van der Waals surface area contributed by atoms with Gasteiger partial charge in [0, 0.05) is 44.1 Å². The molecule has 2 aromatic heterocycles. The predicted octanol–water partition coefficient (Wildman–Crippen LogP) is 3.24. The molecular formula is C25H36N4O3. The fourth-order valence-electron chi connectivity index (χ4n) is 3.87. The second-order valence-electron chi connectivity index (χ2n) is 8.99. The van der Waals surface area contributed by atoms with Gasteiger partial charge in [-0.15, -0.1) is 0 Å². The van der Waals surface area contributed by atoms with Crippen molar-refractivity contribution < 1.29 is 9.84 Å². The minimum atomic E-state index is -0.509. The minimum Gasteiger partial charge on any atom is -0.392 e. The Morgan fingerprint density at radius 1 is 1.19 bits per heavy atom. The van der Waals surface area contributed by atoms with Crippen molar-refractivity contribution in [3.05, 3.63) is 51.9 Å². The maximum atomic E-state index is 12.1. The van der Waals surface area contributed by atoms with Crippen molar-refractivity contribution in [2.75, 3.05) is 13.2 Å². The highest BCUT2D eigenvalue weighted by molar-refractivity contribution is 5.81. The first kappa shape index (κ1) is 24.2. The van der Waals surface area contributed by atoms with Gasteiger partial charge in [0.05, 0.1) is 29.8 Å². The Hall–Kier alpha value is -2.48. The summed E-state index contributed by atoms with van der Waals surface area (Å²) in [5.74, 6) is 1.32. The van der Waals surface area contributed by atoms with Crippen LogP contribution in [0.3, 0.4) is 0 Å². The number of imidazole rings is 1. The van der Waals surface area contributed by atoms with Crippen LogP contribution in [0.25, 0.3) is 22.4 Å². The third-order valence-corrected chi connectivity index (χ3v) is 5.65. The van der Waals surface area contributed by atoms with Gasteiger partial charge in [0.1, 0.15) is 5.82 Å². The van der Waals surface area contributed by atoms with Crippen molar-refractivity contribution in [1.29, 1.82) is 0 Å². The van der Waals surface area contributed by atoms with Crippen LogP contribution in [-0.4, -0.2) is 44.6 Å². The number of nitrogens with zero attached hydrogens (tertiary/aromatic N) is 3. The first-order chi connectivity index (χ1) is 15.2. The van der Waals surface area contributed by atoms with Gasteiger partial charge >= 0.3 is 0 Å². The highest BCUT2D eigenvalue weighted by Crippen LogP contribution is 2.25. The fourth-order valence-corrected chi connectivity index (χ4v) is 3.87. The van der Waals surface area contributed by atoms with Crippen molar-refractivity contribution in [2.24, 2.45) is 13.0 Å². The zero-order valence-electron chi connectivity index (χ0n) is 20.1. The quantitative estimate of drug-likeness (QED) is 0.506. The third-order valence-electron chi connectivity index (χ3n) is 5.65. The standard InChI is InChI=1S/C25H36N4O3/c1-7-29-23-9-8-19(12-26-22(18(5)30)15-32-14-16(2)3)11-21(23)27-24(29)20-10-17(4)25(31)28(6)13-20/h8-11,13,16,18,22,26,30H,7,12,14-15H2,1-6H3/t18-,22-/m1/s1. The van der Waals surface area contributed by atoms with E-state index < -0.39 is 6.10 Å². The molecule has 3 aromatic rings. The lowest BCUT2D eigenvalue weighted by atomic mass is 10.1. The molecule has 2 heterocycles. The average molecular weight is 441 g/mol. The Morgan fingerprint density at radius 3 is 2.56 bits per heavy atom. The first-order valence-corrected chi connectivity index (χ1v) is 11.4. The van der Waals surface area contributed by atoms with Crippen LogP contribution in [0.15, 0.2) is 35.3 Å². The molecule has 2 atom stereocenters. The Kier molecular flexibility index (Phi) is 7.87. The number of hydrogen-bond donors (Lipinski definition) is 2. The number of aryl methyl sites for hydroxylation is 3. The van der Waals surface area contributed by atoms with E-state index >= 15 is 0 Å². The molecule has 0 spiro atoms. The lowest BCUT2D eigenvalue weighted by molar-refractivity contribution is 0.0444. The number of hydrogen-bond acceptors (Lipinski definition) is 5. The molecular weight excluding hydrogens is 404 g/mol. The summed E-state index contributed by atoms with van der Waals surface area (Å²) < 4.78 is 9.50. The van der Waals surface area contributed by atoms with E-state index in [9.17, 15) is 9.90 Å². The van der Waals surface area contributed by atoms with Crippen molar-refractivity contribution in [3.8, 4) is 11.4 Å². The van der Waals surface area contributed by atoms with Crippen LogP contribution in [0.2, 0.25) is 0 Å². The van der Waals surface area contributed by atoms with E-state index in [1.165, 1.54) is 0 Å². The number of fused-ring (bicyclic) bond motifs is 1. The second-order valence-corrected chi connectivity index (χ2v) is 8.99. The molecule has 7 nitrogen and oxygen atoms in total. The zero-order valence-corrected chi connectivity index (χ0v) is 20.1. The lowest BCUT2D eigenvalue weighted by Gasteiger charge is -2.22. The monoisotopic (exact) mass is 440 g/mol. The Labute approximate surface area is 190 Å². The van der Waals surface area contributed by atoms with Gasteiger partial charge in [-0.05, 0) is 50.5 Å². The van der Waals surface area contributed by atoms with Crippen LogP contribution in [0.4, 0.5) is 0 Å². The maximum absolute atomic E-state index is 12.1. The van der Waals surface area contributed by atoms with E-state index in [2.05, 4.69) is 48.9 Å². The van der Waals surface area contributed by atoms with Gasteiger partial charge in [-0.3, -0.25) is 4.79 Å². The van der Waals surface area contributed by atoms with Crippen molar-refractivity contribution in [1.82, 2.24) is 19.4 Å². The molecule has 0 saturated carbocycles. The number of aliphatic hydroxyl groups excluding tert-OH is 1. The molecule has 0 aliphatic rings. The second kappa shape index (κ2) is 10.4. The summed E-state index contributed by atoms with van der Waals surface area (Å²) >= 11 is 0. The Balaban J connectivity index is 1.84. The number of ether oxygens (including phenoxy) is 1. The van der Waals surface area contributed by atoms with Crippen LogP contribution in [-0.2, 0) is 24.9 Å². The van der Waals surface area contributed by atoms with Crippen LogP contribution < -0.4 is 10.9 Å². The average Bonchev–Trinajstić information content (AvgIpc) is 3.11. The lowest BCUT2D eigenvalue weighted by Crippen LogP contribution is -2.41. The molecule has 2 N–H and O–H groups in total.